The lowest BCUT2D eigenvalue weighted by atomic mass is 10.3. The Balaban J connectivity index is 1.79. The molecule has 0 bridgehead atoms. The van der Waals surface area contributed by atoms with Gasteiger partial charge in [0.1, 0.15) is 16.2 Å². The lowest BCUT2D eigenvalue weighted by molar-refractivity contribution is 0.0809. The largest absolute Gasteiger partial charge is 0.421 e. The third-order valence-electron chi connectivity index (χ3n) is 3.73. The number of hydrogen-bond donors (Lipinski definition) is 0. The van der Waals surface area contributed by atoms with E-state index in [1.54, 1.807) is 10.9 Å². The summed E-state index contributed by atoms with van der Waals surface area (Å²) in [6.45, 7) is 7.77. The smallest absolute Gasteiger partial charge is 0.324 e. The average Bonchev–Trinajstić information content (AvgIpc) is 2.89. The second-order valence-electron chi connectivity index (χ2n) is 7.21. The van der Waals surface area contributed by atoms with Crippen molar-refractivity contribution in [2.45, 2.75) is 32.4 Å². The van der Waals surface area contributed by atoms with Crippen LogP contribution in [0.5, 0.6) is 11.8 Å². The van der Waals surface area contributed by atoms with Crippen LogP contribution in [0.4, 0.5) is 8.78 Å². The summed E-state index contributed by atoms with van der Waals surface area (Å²) in [6, 6.07) is 4.05. The topological polar surface area (TPSA) is 62.1 Å². The third-order valence-corrected chi connectivity index (χ3v) is 6.23. The molecular formula is C17H19F2IN4O2Si. The monoisotopic (exact) mass is 504 g/mol. The number of ether oxygens (including phenoxy) is 2. The summed E-state index contributed by atoms with van der Waals surface area (Å²) >= 11 is 2.09. The van der Waals surface area contributed by atoms with Crippen molar-refractivity contribution in [1.29, 1.82) is 0 Å². The van der Waals surface area contributed by atoms with Crippen LogP contribution in [0, 0.1) is 15.3 Å². The van der Waals surface area contributed by atoms with E-state index in [-0.39, 0.29) is 18.5 Å². The minimum absolute atomic E-state index is 0.0485. The summed E-state index contributed by atoms with van der Waals surface area (Å²) in [5.41, 5.74) is 0.528. The van der Waals surface area contributed by atoms with Gasteiger partial charge in [-0.2, -0.15) is 10.1 Å². The van der Waals surface area contributed by atoms with Gasteiger partial charge in [0.15, 0.2) is 17.2 Å². The second-order valence-corrected chi connectivity index (χ2v) is 13.8. The van der Waals surface area contributed by atoms with E-state index in [2.05, 4.69) is 57.3 Å². The molecule has 0 fully saturated rings. The molecule has 0 spiro atoms. The third kappa shape index (κ3) is 5.20. The minimum atomic E-state index is -1.17. The molecule has 0 aliphatic carbocycles. The maximum absolute atomic E-state index is 13.8. The molecule has 0 N–H and O–H groups in total. The Morgan fingerprint density at radius 1 is 1.22 bits per heavy atom. The molecular weight excluding hydrogens is 485 g/mol. The fraction of sp³-hybridized carbons (Fsp3) is 0.353. The van der Waals surface area contributed by atoms with E-state index in [1.165, 1.54) is 6.07 Å². The summed E-state index contributed by atoms with van der Waals surface area (Å²) < 4.78 is 40.3. The molecule has 10 heteroatoms. The fourth-order valence-corrected chi connectivity index (χ4v) is 3.63. The Hall–Kier alpha value is -1.66. The van der Waals surface area contributed by atoms with Crippen LogP contribution in [-0.4, -0.2) is 34.4 Å². The minimum Gasteiger partial charge on any atom is -0.421 e. The van der Waals surface area contributed by atoms with Crippen molar-refractivity contribution < 1.29 is 18.3 Å². The van der Waals surface area contributed by atoms with Crippen LogP contribution in [0.15, 0.2) is 24.4 Å². The zero-order chi connectivity index (χ0) is 19.6. The molecule has 144 valence electrons. The Kier molecular flexibility index (Phi) is 6.06. The molecule has 2 heterocycles. The van der Waals surface area contributed by atoms with Gasteiger partial charge in [-0.25, -0.2) is 18.4 Å². The van der Waals surface area contributed by atoms with Gasteiger partial charge >= 0.3 is 6.01 Å². The van der Waals surface area contributed by atoms with Gasteiger partial charge in [-0.05, 0) is 40.8 Å². The van der Waals surface area contributed by atoms with Gasteiger partial charge in [-0.3, -0.25) is 0 Å². The number of halogens is 3. The van der Waals surface area contributed by atoms with E-state index in [0.29, 0.717) is 12.3 Å². The molecule has 0 aliphatic rings. The van der Waals surface area contributed by atoms with Crippen molar-refractivity contribution in [3.05, 3.63) is 39.7 Å². The molecule has 0 atom stereocenters. The van der Waals surface area contributed by atoms with Crippen LogP contribution in [0.1, 0.15) is 0 Å². The Morgan fingerprint density at radius 2 is 2.00 bits per heavy atom. The lowest BCUT2D eigenvalue weighted by Gasteiger charge is -2.15. The van der Waals surface area contributed by atoms with Gasteiger partial charge in [0.05, 0.1) is 5.39 Å². The van der Waals surface area contributed by atoms with Crippen LogP contribution in [0.3, 0.4) is 0 Å². The van der Waals surface area contributed by atoms with Gasteiger partial charge < -0.3 is 9.47 Å². The van der Waals surface area contributed by atoms with E-state index in [0.717, 1.165) is 27.3 Å². The zero-order valence-corrected chi connectivity index (χ0v) is 18.3. The molecule has 0 radical (unpaired) electrons. The maximum Gasteiger partial charge on any atom is 0.324 e. The molecule has 6 nitrogen and oxygen atoms in total. The van der Waals surface area contributed by atoms with Crippen molar-refractivity contribution in [3.8, 4) is 11.8 Å². The Morgan fingerprint density at radius 3 is 2.70 bits per heavy atom. The van der Waals surface area contributed by atoms with Crippen molar-refractivity contribution in [2.75, 3.05) is 6.61 Å². The van der Waals surface area contributed by atoms with Crippen molar-refractivity contribution >= 4 is 41.7 Å². The Bertz CT molecular complexity index is 962. The standard InChI is InChI=1S/C17H19F2IN4O2Si/c1-27(2,3)7-6-25-10-24-16-12(15(20)23-24)9-21-17(22-16)26-14-5-4-11(18)8-13(14)19/h4-5,8-9H,6-7,10H2,1-3H3. The quantitative estimate of drug-likeness (QED) is 0.263. The number of hydrogen-bond acceptors (Lipinski definition) is 5. The highest BCUT2D eigenvalue weighted by Gasteiger charge is 2.15. The molecule has 0 aliphatic heterocycles. The van der Waals surface area contributed by atoms with Gasteiger partial charge in [0.25, 0.3) is 0 Å². The molecule has 3 rings (SSSR count). The molecule has 0 amide bonds. The maximum atomic E-state index is 13.8. The van der Waals surface area contributed by atoms with Crippen LogP contribution < -0.4 is 4.74 Å². The summed E-state index contributed by atoms with van der Waals surface area (Å²) in [5.74, 6) is -1.65. The number of nitrogens with zero attached hydrogens (tertiary/aromatic N) is 4. The van der Waals surface area contributed by atoms with Crippen molar-refractivity contribution in [3.63, 3.8) is 0 Å². The first-order valence-corrected chi connectivity index (χ1v) is 13.1. The molecule has 0 saturated carbocycles. The van der Waals surface area contributed by atoms with E-state index in [9.17, 15) is 8.78 Å². The first-order valence-electron chi connectivity index (χ1n) is 8.33. The number of fused-ring (bicyclic) bond motifs is 1. The Labute approximate surface area is 170 Å². The average molecular weight is 504 g/mol. The highest BCUT2D eigenvalue weighted by Crippen LogP contribution is 2.25. The zero-order valence-electron chi connectivity index (χ0n) is 15.2. The van der Waals surface area contributed by atoms with Crippen LogP contribution in [0.2, 0.25) is 25.7 Å². The molecule has 27 heavy (non-hydrogen) atoms. The second kappa shape index (κ2) is 8.15. The number of aromatic nitrogens is 4. The first kappa shape index (κ1) is 20.1. The highest BCUT2D eigenvalue weighted by atomic mass is 127. The molecule has 2 aromatic heterocycles. The molecule has 3 aromatic rings. The summed E-state index contributed by atoms with van der Waals surface area (Å²) in [5, 5.41) is 5.16. The summed E-state index contributed by atoms with van der Waals surface area (Å²) in [7, 11) is -1.17. The van der Waals surface area contributed by atoms with E-state index in [4.69, 9.17) is 9.47 Å². The van der Waals surface area contributed by atoms with E-state index in [1.807, 2.05) is 0 Å². The van der Waals surface area contributed by atoms with Gasteiger partial charge in [0.2, 0.25) is 0 Å². The van der Waals surface area contributed by atoms with Gasteiger partial charge in [-0.1, -0.05) is 19.6 Å². The number of rotatable bonds is 7. The van der Waals surface area contributed by atoms with E-state index < -0.39 is 19.7 Å². The normalized spacial score (nSPS) is 11.9. The van der Waals surface area contributed by atoms with E-state index >= 15 is 0 Å². The fourth-order valence-electron chi connectivity index (χ4n) is 2.23. The lowest BCUT2D eigenvalue weighted by Crippen LogP contribution is -2.22. The van der Waals surface area contributed by atoms with Gasteiger partial charge in [-0.15, -0.1) is 0 Å². The predicted molar refractivity (Wildman–Crippen MR) is 109 cm³/mol. The highest BCUT2D eigenvalue weighted by molar-refractivity contribution is 14.1. The van der Waals surface area contributed by atoms with Crippen LogP contribution in [0.25, 0.3) is 11.0 Å². The SMILES string of the molecule is C[Si](C)(C)CCOCn1nc(I)c2cnc(Oc3ccc(F)cc3F)nc21. The number of benzene rings is 1. The first-order chi connectivity index (χ1) is 12.7. The molecule has 1 aromatic carbocycles. The van der Waals surface area contributed by atoms with Crippen molar-refractivity contribution in [2.24, 2.45) is 0 Å². The van der Waals surface area contributed by atoms with Crippen LogP contribution >= 0.6 is 22.6 Å². The molecule has 0 saturated heterocycles. The summed E-state index contributed by atoms with van der Waals surface area (Å²) in [4.78, 5) is 8.39. The van der Waals surface area contributed by atoms with Gasteiger partial charge in [0, 0.05) is 26.9 Å². The van der Waals surface area contributed by atoms with Crippen LogP contribution in [-0.2, 0) is 11.5 Å². The molecule has 0 unspecified atom stereocenters. The predicted octanol–water partition coefficient (Wildman–Crippen LogP) is 4.81. The van der Waals surface area contributed by atoms with Crippen molar-refractivity contribution in [1.82, 2.24) is 19.7 Å². The summed E-state index contributed by atoms with van der Waals surface area (Å²) in [6.07, 6.45) is 1.56.